The maximum Gasteiger partial charge on any atom is 0.407 e. The molecule has 1 aliphatic rings. The van der Waals surface area contributed by atoms with Crippen molar-refractivity contribution in [3.63, 3.8) is 0 Å². The fourth-order valence-corrected chi connectivity index (χ4v) is 3.37. The van der Waals surface area contributed by atoms with Gasteiger partial charge >= 0.3 is 6.09 Å². The van der Waals surface area contributed by atoms with Crippen molar-refractivity contribution in [2.45, 2.75) is 12.5 Å². The number of amides is 3. The van der Waals surface area contributed by atoms with E-state index in [1.807, 2.05) is 0 Å². The molecule has 1 aromatic carbocycles. The van der Waals surface area contributed by atoms with Gasteiger partial charge in [0.05, 0.1) is 11.1 Å². The number of nitrogens with two attached hydrogens (primary N) is 2. The third kappa shape index (κ3) is 4.01. The number of likely N-dealkylation sites (tertiary alicyclic amines) is 1. The highest BCUT2D eigenvalue weighted by molar-refractivity contribution is 6.31. The number of rotatable bonds is 3. The van der Waals surface area contributed by atoms with E-state index in [1.54, 1.807) is 6.07 Å². The Balaban J connectivity index is 2.00. The summed E-state index contributed by atoms with van der Waals surface area (Å²) in [5, 5.41) is 16.3. The third-order valence-electron chi connectivity index (χ3n) is 4.74. The fraction of sp³-hybridized carbons (Fsp3) is 0.263. The quantitative estimate of drug-likeness (QED) is 0.530. The van der Waals surface area contributed by atoms with E-state index in [1.165, 1.54) is 28.8 Å². The molecule has 30 heavy (non-hydrogen) atoms. The molecule has 2 heterocycles. The Morgan fingerprint density at radius 1 is 1.33 bits per heavy atom. The lowest BCUT2D eigenvalue weighted by molar-refractivity contribution is 0.0961. The van der Waals surface area contributed by atoms with Crippen molar-refractivity contribution in [3.8, 4) is 11.8 Å². The molecule has 0 unspecified atom stereocenters. The maximum atomic E-state index is 11.9. The van der Waals surface area contributed by atoms with Crippen LogP contribution in [0.4, 0.5) is 10.6 Å². The summed E-state index contributed by atoms with van der Waals surface area (Å²) in [7, 11) is 1.51. The van der Waals surface area contributed by atoms with Gasteiger partial charge in [0.2, 0.25) is 0 Å². The number of nitrogen functional groups attached to an aromatic ring is 1. The lowest BCUT2D eigenvalue weighted by atomic mass is 10.1. The second-order valence-electron chi connectivity index (χ2n) is 6.61. The minimum Gasteiger partial charge on any atom is -0.465 e. The zero-order valence-corrected chi connectivity index (χ0v) is 16.7. The van der Waals surface area contributed by atoms with Gasteiger partial charge in [-0.3, -0.25) is 9.59 Å². The van der Waals surface area contributed by atoms with Crippen LogP contribution in [-0.2, 0) is 0 Å². The third-order valence-corrected chi connectivity index (χ3v) is 5.07. The highest BCUT2D eigenvalue weighted by atomic mass is 35.5. The van der Waals surface area contributed by atoms with Crippen LogP contribution in [0.1, 0.15) is 44.4 Å². The number of carboxylic acid groups (broad SMARTS) is 1. The molecule has 0 saturated carbocycles. The number of hydrogen-bond acceptors (Lipinski definition) is 5. The molecule has 1 saturated heterocycles. The van der Waals surface area contributed by atoms with Gasteiger partial charge in [-0.15, -0.1) is 0 Å². The van der Waals surface area contributed by atoms with Gasteiger partial charge in [-0.2, -0.15) is 5.10 Å². The van der Waals surface area contributed by atoms with Gasteiger partial charge in [0.1, 0.15) is 11.4 Å². The zero-order valence-electron chi connectivity index (χ0n) is 16.0. The molecular formula is C19H19ClN6O4. The zero-order chi connectivity index (χ0) is 22.0. The van der Waals surface area contributed by atoms with Gasteiger partial charge in [-0.1, -0.05) is 17.5 Å². The minimum atomic E-state index is -1.04. The molecule has 3 rings (SSSR count). The first-order valence-electron chi connectivity index (χ1n) is 8.92. The molecule has 1 aliphatic heterocycles. The molecule has 11 heteroatoms. The number of primary amides is 1. The summed E-state index contributed by atoms with van der Waals surface area (Å²) in [6, 6.07) is 4.27. The summed E-state index contributed by atoms with van der Waals surface area (Å²) in [4.78, 5) is 36.2. The van der Waals surface area contributed by atoms with Crippen molar-refractivity contribution in [1.29, 1.82) is 0 Å². The van der Waals surface area contributed by atoms with E-state index < -0.39 is 12.0 Å². The van der Waals surface area contributed by atoms with Crippen LogP contribution in [0, 0.1) is 11.8 Å². The monoisotopic (exact) mass is 430 g/mol. The van der Waals surface area contributed by atoms with Crippen LogP contribution >= 0.6 is 11.6 Å². The fourth-order valence-electron chi connectivity index (χ4n) is 3.20. The minimum absolute atomic E-state index is 0.0225. The second-order valence-corrected chi connectivity index (χ2v) is 7.02. The molecular weight excluding hydrogens is 412 g/mol. The molecule has 1 fully saturated rings. The first-order chi connectivity index (χ1) is 14.2. The van der Waals surface area contributed by atoms with Crippen molar-refractivity contribution in [2.75, 3.05) is 25.9 Å². The first-order valence-corrected chi connectivity index (χ1v) is 9.30. The summed E-state index contributed by atoms with van der Waals surface area (Å²) in [5.41, 5.74) is 12.3. The maximum absolute atomic E-state index is 11.9. The van der Waals surface area contributed by atoms with Crippen molar-refractivity contribution in [1.82, 2.24) is 20.0 Å². The van der Waals surface area contributed by atoms with Gasteiger partial charge in [0, 0.05) is 31.3 Å². The molecule has 6 N–H and O–H groups in total. The topological polar surface area (TPSA) is 157 Å². The summed E-state index contributed by atoms with van der Waals surface area (Å²) in [6.45, 7) is 0.514. The Morgan fingerprint density at radius 3 is 2.67 bits per heavy atom. The molecule has 156 valence electrons. The van der Waals surface area contributed by atoms with Crippen LogP contribution in [0.2, 0.25) is 5.02 Å². The van der Waals surface area contributed by atoms with Crippen molar-refractivity contribution in [3.05, 3.63) is 45.6 Å². The van der Waals surface area contributed by atoms with E-state index in [2.05, 4.69) is 22.3 Å². The molecule has 0 radical (unpaired) electrons. The number of carbonyl (C=O) groups is 3. The lowest BCUT2D eigenvalue weighted by Gasteiger charge is -2.13. The largest absolute Gasteiger partial charge is 0.465 e. The number of anilines is 1. The lowest BCUT2D eigenvalue weighted by Crippen LogP contribution is -2.27. The van der Waals surface area contributed by atoms with Crippen molar-refractivity contribution < 1.29 is 19.5 Å². The normalized spacial score (nSPS) is 15.4. The van der Waals surface area contributed by atoms with Crippen molar-refractivity contribution >= 4 is 35.3 Å². The second kappa shape index (κ2) is 8.34. The molecule has 2 aromatic rings. The summed E-state index contributed by atoms with van der Waals surface area (Å²) < 4.78 is 1.38. The van der Waals surface area contributed by atoms with E-state index in [4.69, 9.17) is 28.2 Å². The predicted octanol–water partition coefficient (Wildman–Crippen LogP) is 0.902. The predicted molar refractivity (Wildman–Crippen MR) is 109 cm³/mol. The van der Waals surface area contributed by atoms with E-state index in [0.717, 1.165) is 0 Å². The number of hydrogen-bond donors (Lipinski definition) is 4. The summed E-state index contributed by atoms with van der Waals surface area (Å²) >= 11 is 6.16. The molecule has 3 amide bonds. The Bertz CT molecular complexity index is 1100. The van der Waals surface area contributed by atoms with E-state index in [9.17, 15) is 14.4 Å². The molecule has 1 atom stereocenters. The van der Waals surface area contributed by atoms with Gasteiger partial charge in [0.15, 0.2) is 5.69 Å². The number of carbonyl (C=O) groups excluding carboxylic acids is 2. The number of nitrogens with zero attached hydrogens (tertiary/aromatic N) is 3. The Labute approximate surface area is 176 Å². The number of aromatic nitrogens is 2. The van der Waals surface area contributed by atoms with Gasteiger partial charge in [-0.05, 0) is 30.5 Å². The first kappa shape index (κ1) is 21.0. The van der Waals surface area contributed by atoms with Gasteiger partial charge < -0.3 is 26.8 Å². The highest BCUT2D eigenvalue weighted by Gasteiger charge is 2.31. The number of halogens is 1. The Hall–Kier alpha value is -3.71. The smallest absolute Gasteiger partial charge is 0.407 e. The van der Waals surface area contributed by atoms with Crippen LogP contribution in [0.25, 0.3) is 0 Å². The van der Waals surface area contributed by atoms with Crippen molar-refractivity contribution in [2.24, 2.45) is 5.73 Å². The average molecular weight is 431 g/mol. The standard InChI is InChI=1S/C19H19ClN6O4/c1-23-18(28)11-2-4-13(20)10(8-11)3-5-14-15(17(22)27)16(21)26(24-14)12-6-7-25(9-12)19(29)30/h2,4,8,12H,6-7,9,21H2,1H3,(H2,22,27)(H,23,28)(H,29,30)/t12-/m0/s1. The molecule has 1 aromatic heterocycles. The van der Waals surface area contributed by atoms with Gasteiger partial charge in [0.25, 0.3) is 11.8 Å². The van der Waals surface area contributed by atoms with E-state index in [0.29, 0.717) is 29.1 Å². The molecule has 0 bridgehead atoms. The molecule has 0 aliphatic carbocycles. The summed E-state index contributed by atoms with van der Waals surface area (Å²) in [5.74, 6) is 4.46. The van der Waals surface area contributed by atoms with Crippen LogP contribution in [0.3, 0.4) is 0 Å². The van der Waals surface area contributed by atoms with Crippen LogP contribution in [-0.4, -0.2) is 57.8 Å². The van der Waals surface area contributed by atoms with E-state index in [-0.39, 0.29) is 35.6 Å². The van der Waals surface area contributed by atoms with Gasteiger partial charge in [-0.25, -0.2) is 9.48 Å². The summed E-state index contributed by atoms with van der Waals surface area (Å²) in [6.07, 6.45) is -0.549. The number of benzene rings is 1. The SMILES string of the molecule is CNC(=O)c1ccc(Cl)c(C#Cc2nn([C@H]3CCN(C(=O)O)C3)c(N)c2C(N)=O)c1. The van der Waals surface area contributed by atoms with Crippen LogP contribution in [0.15, 0.2) is 18.2 Å². The Morgan fingerprint density at radius 2 is 2.07 bits per heavy atom. The molecule has 10 nitrogen and oxygen atoms in total. The molecule has 0 spiro atoms. The van der Waals surface area contributed by atoms with Crippen LogP contribution in [0.5, 0.6) is 0 Å². The highest BCUT2D eigenvalue weighted by Crippen LogP contribution is 2.27. The average Bonchev–Trinajstić information content (AvgIpc) is 3.31. The number of nitrogens with one attached hydrogen (secondary N) is 1. The Kier molecular flexibility index (Phi) is 5.84. The van der Waals surface area contributed by atoms with E-state index >= 15 is 0 Å². The van der Waals surface area contributed by atoms with Crippen LogP contribution < -0.4 is 16.8 Å².